The lowest BCUT2D eigenvalue weighted by Gasteiger charge is -2.17. The van der Waals surface area contributed by atoms with Crippen molar-refractivity contribution in [2.24, 2.45) is 0 Å². The molecule has 2 aliphatic rings. The van der Waals surface area contributed by atoms with Crippen LogP contribution >= 0.6 is 11.8 Å². The van der Waals surface area contributed by atoms with Crippen LogP contribution in [0.25, 0.3) is 0 Å². The fourth-order valence-corrected chi connectivity index (χ4v) is 4.38. The molecule has 1 aliphatic heterocycles. The third-order valence-electron chi connectivity index (χ3n) is 4.14. The zero-order chi connectivity index (χ0) is 12.4. The highest BCUT2D eigenvalue weighted by atomic mass is 32.2. The van der Waals surface area contributed by atoms with Gasteiger partial charge in [-0.3, -0.25) is 4.68 Å². The zero-order valence-corrected chi connectivity index (χ0v) is 11.5. The largest absolute Gasteiger partial charge is 0.269 e. The van der Waals surface area contributed by atoms with Gasteiger partial charge in [0.15, 0.2) is 0 Å². The topological polar surface area (TPSA) is 41.6 Å². The first-order valence-corrected chi connectivity index (χ1v) is 7.89. The summed E-state index contributed by atoms with van der Waals surface area (Å²) in [5.41, 5.74) is 1.10. The molecule has 0 N–H and O–H groups in total. The molecule has 3 rings (SSSR count). The summed E-state index contributed by atoms with van der Waals surface area (Å²) in [6.07, 6.45) is 10.3. The van der Waals surface area contributed by atoms with Crippen molar-refractivity contribution in [1.29, 1.82) is 5.26 Å². The molecular formula is C14H19N3S. The molecular weight excluding hydrogens is 242 g/mol. The summed E-state index contributed by atoms with van der Waals surface area (Å²) >= 11 is 1.82. The van der Waals surface area contributed by atoms with E-state index in [9.17, 15) is 5.26 Å². The maximum atomic E-state index is 9.39. The Morgan fingerprint density at radius 2 is 2.28 bits per heavy atom. The first-order valence-electron chi connectivity index (χ1n) is 6.91. The van der Waals surface area contributed by atoms with E-state index in [0.717, 1.165) is 24.3 Å². The molecule has 1 aromatic heterocycles. The third kappa shape index (κ3) is 2.29. The molecule has 1 saturated heterocycles. The van der Waals surface area contributed by atoms with Crippen LogP contribution in [0.3, 0.4) is 0 Å². The van der Waals surface area contributed by atoms with Crippen molar-refractivity contribution in [2.45, 2.75) is 55.7 Å². The molecule has 0 aromatic carbocycles. The molecule has 1 atom stereocenters. The van der Waals surface area contributed by atoms with Crippen LogP contribution in [0, 0.1) is 11.3 Å². The average molecular weight is 261 g/mol. The number of thioether (sulfide) groups is 1. The average Bonchev–Trinajstić information content (AvgIpc) is 3.10. The molecule has 1 aromatic rings. The van der Waals surface area contributed by atoms with Gasteiger partial charge >= 0.3 is 0 Å². The van der Waals surface area contributed by atoms with Gasteiger partial charge in [-0.25, -0.2) is 0 Å². The number of rotatable bonds is 3. The standard InChI is InChI=1S/C14H19N3S/c15-11-14(7-3-9-18-14)10-12-6-8-17(16-12)13-4-1-2-5-13/h6,8,13H,1-5,7,9-10H2. The summed E-state index contributed by atoms with van der Waals surface area (Å²) < 4.78 is 1.93. The highest BCUT2D eigenvalue weighted by Gasteiger charge is 2.35. The van der Waals surface area contributed by atoms with E-state index in [1.54, 1.807) is 0 Å². The van der Waals surface area contributed by atoms with Crippen LogP contribution in [-0.4, -0.2) is 20.3 Å². The van der Waals surface area contributed by atoms with Crippen LogP contribution in [0.5, 0.6) is 0 Å². The minimum Gasteiger partial charge on any atom is -0.269 e. The normalized spacial score (nSPS) is 28.6. The smallest absolute Gasteiger partial charge is 0.108 e. The van der Waals surface area contributed by atoms with Crippen molar-refractivity contribution in [3.05, 3.63) is 18.0 Å². The molecule has 96 valence electrons. The summed E-state index contributed by atoms with van der Waals surface area (Å²) in [5, 5.41) is 14.1. The molecule has 2 heterocycles. The molecule has 18 heavy (non-hydrogen) atoms. The molecule has 4 heteroatoms. The van der Waals surface area contributed by atoms with Crippen LogP contribution < -0.4 is 0 Å². The van der Waals surface area contributed by atoms with E-state index in [0.29, 0.717) is 6.04 Å². The van der Waals surface area contributed by atoms with Crippen LogP contribution in [0.15, 0.2) is 12.3 Å². The van der Waals surface area contributed by atoms with Gasteiger partial charge in [0, 0.05) is 12.6 Å². The van der Waals surface area contributed by atoms with Crippen molar-refractivity contribution >= 4 is 11.8 Å². The van der Waals surface area contributed by atoms with Crippen molar-refractivity contribution in [1.82, 2.24) is 9.78 Å². The summed E-state index contributed by atoms with van der Waals surface area (Å²) in [4.78, 5) is 0. The van der Waals surface area contributed by atoms with E-state index in [4.69, 9.17) is 5.10 Å². The minimum absolute atomic E-state index is 0.200. The van der Waals surface area contributed by atoms with Crippen LogP contribution in [0.4, 0.5) is 0 Å². The molecule has 1 saturated carbocycles. The predicted molar refractivity (Wildman–Crippen MR) is 73.5 cm³/mol. The second kappa shape index (κ2) is 4.97. The molecule has 2 fully saturated rings. The first kappa shape index (κ1) is 12.1. The van der Waals surface area contributed by atoms with Crippen LogP contribution in [-0.2, 0) is 6.42 Å². The lowest BCUT2D eigenvalue weighted by atomic mass is 9.99. The zero-order valence-electron chi connectivity index (χ0n) is 10.6. The van der Waals surface area contributed by atoms with Crippen LogP contribution in [0.2, 0.25) is 0 Å². The summed E-state index contributed by atoms with van der Waals surface area (Å²) in [7, 11) is 0. The van der Waals surface area contributed by atoms with Gasteiger partial charge in [0.2, 0.25) is 0 Å². The number of aromatic nitrogens is 2. The van der Waals surface area contributed by atoms with Crippen molar-refractivity contribution in [2.75, 3.05) is 5.75 Å². The number of nitrogens with zero attached hydrogens (tertiary/aromatic N) is 3. The number of nitriles is 1. The van der Waals surface area contributed by atoms with Gasteiger partial charge in [-0.05, 0) is 37.5 Å². The lowest BCUT2D eigenvalue weighted by Crippen LogP contribution is -2.22. The Morgan fingerprint density at radius 3 is 2.94 bits per heavy atom. The summed E-state index contributed by atoms with van der Waals surface area (Å²) in [6.45, 7) is 0. The van der Waals surface area contributed by atoms with Crippen molar-refractivity contribution < 1.29 is 0 Å². The Hall–Kier alpha value is -0.950. The van der Waals surface area contributed by atoms with Gasteiger partial charge in [0.05, 0.1) is 17.8 Å². The van der Waals surface area contributed by atoms with Crippen LogP contribution in [0.1, 0.15) is 50.3 Å². The molecule has 0 radical (unpaired) electrons. The number of hydrogen-bond acceptors (Lipinski definition) is 3. The van der Waals surface area contributed by atoms with E-state index in [-0.39, 0.29) is 4.75 Å². The van der Waals surface area contributed by atoms with Gasteiger partial charge in [-0.2, -0.15) is 10.4 Å². The lowest BCUT2D eigenvalue weighted by molar-refractivity contribution is 0.461. The van der Waals surface area contributed by atoms with E-state index in [1.165, 1.54) is 32.1 Å². The Bertz CT molecular complexity index is 448. The Labute approximate surface area is 113 Å². The number of hydrogen-bond donors (Lipinski definition) is 0. The van der Waals surface area contributed by atoms with Gasteiger partial charge in [0.25, 0.3) is 0 Å². The molecule has 1 unspecified atom stereocenters. The third-order valence-corrected chi connectivity index (χ3v) is 5.62. The molecule has 0 spiro atoms. The van der Waals surface area contributed by atoms with Crippen molar-refractivity contribution in [3.8, 4) is 6.07 Å². The second-order valence-electron chi connectivity index (χ2n) is 5.46. The predicted octanol–water partition coefficient (Wildman–Crippen LogP) is 3.33. The van der Waals surface area contributed by atoms with Gasteiger partial charge < -0.3 is 0 Å². The van der Waals surface area contributed by atoms with Gasteiger partial charge in [-0.15, -0.1) is 11.8 Å². The molecule has 1 aliphatic carbocycles. The van der Waals surface area contributed by atoms with E-state index in [1.807, 2.05) is 11.8 Å². The van der Waals surface area contributed by atoms with Gasteiger partial charge in [-0.1, -0.05) is 12.8 Å². The minimum atomic E-state index is -0.200. The fraction of sp³-hybridized carbons (Fsp3) is 0.714. The quantitative estimate of drug-likeness (QED) is 0.838. The molecule has 0 amide bonds. The highest BCUT2D eigenvalue weighted by molar-refractivity contribution is 8.01. The SMILES string of the molecule is N#CC1(Cc2ccn(C3CCCC3)n2)CCCS1. The highest BCUT2D eigenvalue weighted by Crippen LogP contribution is 2.40. The van der Waals surface area contributed by atoms with E-state index < -0.39 is 0 Å². The van der Waals surface area contributed by atoms with E-state index in [2.05, 4.69) is 23.0 Å². The Kier molecular flexibility index (Phi) is 3.34. The molecule has 0 bridgehead atoms. The van der Waals surface area contributed by atoms with Crippen molar-refractivity contribution in [3.63, 3.8) is 0 Å². The van der Waals surface area contributed by atoms with E-state index >= 15 is 0 Å². The monoisotopic (exact) mass is 261 g/mol. The summed E-state index contributed by atoms with van der Waals surface area (Å²) in [5.74, 6) is 1.12. The maximum Gasteiger partial charge on any atom is 0.108 e. The second-order valence-corrected chi connectivity index (χ2v) is 6.94. The summed E-state index contributed by atoms with van der Waals surface area (Å²) in [6, 6.07) is 5.23. The fourth-order valence-electron chi connectivity index (χ4n) is 3.10. The van der Waals surface area contributed by atoms with Gasteiger partial charge in [0.1, 0.15) is 4.75 Å². The Morgan fingerprint density at radius 1 is 1.44 bits per heavy atom. The molecule has 3 nitrogen and oxygen atoms in total. The Balaban J connectivity index is 1.71. The first-order chi connectivity index (χ1) is 8.81. The maximum absolute atomic E-state index is 9.39.